The Morgan fingerprint density at radius 2 is 1.81 bits per heavy atom. The summed E-state index contributed by atoms with van der Waals surface area (Å²) < 4.78 is 0. The molecule has 0 amide bonds. The van der Waals surface area contributed by atoms with Gasteiger partial charge in [0.15, 0.2) is 0 Å². The van der Waals surface area contributed by atoms with Crippen molar-refractivity contribution in [1.82, 2.24) is 4.90 Å². The average Bonchev–Trinajstić information content (AvgIpc) is 2.66. The molecule has 0 saturated carbocycles. The van der Waals surface area contributed by atoms with Crippen molar-refractivity contribution in [2.75, 3.05) is 13.1 Å². The smallest absolute Gasteiger partial charge is 0.0777 e. The molecule has 0 bridgehead atoms. The van der Waals surface area contributed by atoms with E-state index >= 15 is 0 Å². The fraction of sp³-hybridized carbons (Fsp3) is 0.571. The number of likely N-dealkylation sites (tertiary alicyclic amines) is 1. The van der Waals surface area contributed by atoms with Crippen molar-refractivity contribution in [2.45, 2.75) is 37.8 Å². The second-order valence-electron chi connectivity index (χ2n) is 5.01. The van der Waals surface area contributed by atoms with Gasteiger partial charge in [0.2, 0.25) is 0 Å². The Labute approximate surface area is 96.9 Å². The van der Waals surface area contributed by atoms with Crippen molar-refractivity contribution in [2.24, 2.45) is 0 Å². The maximum atomic E-state index is 10.2. The van der Waals surface area contributed by atoms with Crippen LogP contribution in [0.3, 0.4) is 0 Å². The molecule has 1 aliphatic heterocycles. The standard InChI is InChI=1S/C14H19NO/c16-13-10-11-6-2-3-7-12(11)14(13)15-8-4-1-5-9-15/h2-3,6-7,13-14,16H,1,4-5,8-10H2/t13-,14+/m0/s1. The lowest BCUT2D eigenvalue weighted by atomic mass is 10.0. The number of piperidine rings is 1. The highest BCUT2D eigenvalue weighted by Gasteiger charge is 2.35. The topological polar surface area (TPSA) is 23.5 Å². The van der Waals surface area contributed by atoms with Gasteiger partial charge in [0.1, 0.15) is 0 Å². The van der Waals surface area contributed by atoms with Crippen LogP contribution in [0.15, 0.2) is 24.3 Å². The molecule has 2 heteroatoms. The van der Waals surface area contributed by atoms with Crippen molar-refractivity contribution < 1.29 is 5.11 Å². The van der Waals surface area contributed by atoms with Crippen molar-refractivity contribution in [3.05, 3.63) is 35.4 Å². The number of aliphatic hydroxyl groups excluding tert-OH is 1. The van der Waals surface area contributed by atoms with E-state index in [4.69, 9.17) is 0 Å². The zero-order valence-corrected chi connectivity index (χ0v) is 9.60. The summed E-state index contributed by atoms with van der Waals surface area (Å²) >= 11 is 0. The maximum absolute atomic E-state index is 10.2. The van der Waals surface area contributed by atoms with Crippen LogP contribution in [0.4, 0.5) is 0 Å². The lowest BCUT2D eigenvalue weighted by Gasteiger charge is -2.34. The lowest BCUT2D eigenvalue weighted by molar-refractivity contribution is 0.0496. The van der Waals surface area contributed by atoms with Gasteiger partial charge in [-0.25, -0.2) is 0 Å². The molecular formula is C14H19NO. The fourth-order valence-corrected chi connectivity index (χ4v) is 3.19. The van der Waals surface area contributed by atoms with Gasteiger partial charge in [0, 0.05) is 6.42 Å². The Bertz CT molecular complexity index is 371. The SMILES string of the molecule is O[C@H]1Cc2ccccc2[C@H]1N1CCCCC1. The Kier molecular flexibility index (Phi) is 2.70. The van der Waals surface area contributed by atoms with E-state index in [1.807, 2.05) is 0 Å². The molecule has 86 valence electrons. The first-order valence-corrected chi connectivity index (χ1v) is 6.36. The molecule has 1 heterocycles. The first-order chi connectivity index (χ1) is 7.86. The summed E-state index contributed by atoms with van der Waals surface area (Å²) in [6.07, 6.45) is 4.55. The highest BCUT2D eigenvalue weighted by atomic mass is 16.3. The Morgan fingerprint density at radius 3 is 2.62 bits per heavy atom. The van der Waals surface area contributed by atoms with Crippen molar-refractivity contribution >= 4 is 0 Å². The summed E-state index contributed by atoms with van der Waals surface area (Å²) in [7, 11) is 0. The van der Waals surface area contributed by atoms with Crippen LogP contribution >= 0.6 is 0 Å². The van der Waals surface area contributed by atoms with Crippen LogP contribution < -0.4 is 0 Å². The third-order valence-corrected chi connectivity index (χ3v) is 3.95. The van der Waals surface area contributed by atoms with Gasteiger partial charge in [-0.3, -0.25) is 4.90 Å². The molecular weight excluding hydrogens is 198 g/mol. The summed E-state index contributed by atoms with van der Waals surface area (Å²) in [6.45, 7) is 2.30. The molecule has 16 heavy (non-hydrogen) atoms. The van der Waals surface area contributed by atoms with E-state index in [1.165, 1.54) is 30.4 Å². The molecule has 1 aromatic carbocycles. The van der Waals surface area contributed by atoms with Crippen LogP contribution in [0.1, 0.15) is 36.4 Å². The summed E-state index contributed by atoms with van der Waals surface area (Å²) in [6, 6.07) is 8.77. The van der Waals surface area contributed by atoms with Crippen molar-refractivity contribution in [3.63, 3.8) is 0 Å². The van der Waals surface area contributed by atoms with Crippen LogP contribution in [0, 0.1) is 0 Å². The van der Waals surface area contributed by atoms with Gasteiger partial charge in [0.05, 0.1) is 12.1 Å². The second kappa shape index (κ2) is 4.19. The predicted molar refractivity (Wildman–Crippen MR) is 64.3 cm³/mol. The number of nitrogens with zero attached hydrogens (tertiary/aromatic N) is 1. The molecule has 1 fully saturated rings. The fourth-order valence-electron chi connectivity index (χ4n) is 3.19. The molecule has 0 radical (unpaired) electrons. The first kappa shape index (κ1) is 10.3. The Hall–Kier alpha value is -0.860. The number of rotatable bonds is 1. The van der Waals surface area contributed by atoms with Crippen LogP contribution in [0.5, 0.6) is 0 Å². The van der Waals surface area contributed by atoms with Crippen molar-refractivity contribution in [1.29, 1.82) is 0 Å². The predicted octanol–water partition coefficient (Wildman–Crippen LogP) is 2.13. The van der Waals surface area contributed by atoms with Crippen LogP contribution in [-0.4, -0.2) is 29.2 Å². The van der Waals surface area contributed by atoms with Gasteiger partial charge in [-0.2, -0.15) is 0 Å². The van der Waals surface area contributed by atoms with Gasteiger partial charge in [0.25, 0.3) is 0 Å². The average molecular weight is 217 g/mol. The van der Waals surface area contributed by atoms with E-state index in [9.17, 15) is 5.11 Å². The lowest BCUT2D eigenvalue weighted by Crippen LogP contribution is -2.37. The minimum atomic E-state index is -0.199. The van der Waals surface area contributed by atoms with Crippen molar-refractivity contribution in [3.8, 4) is 0 Å². The summed E-state index contributed by atoms with van der Waals surface area (Å²) in [5.74, 6) is 0. The number of hydrogen-bond acceptors (Lipinski definition) is 2. The minimum Gasteiger partial charge on any atom is -0.391 e. The Morgan fingerprint density at radius 1 is 1.06 bits per heavy atom. The monoisotopic (exact) mass is 217 g/mol. The summed E-state index contributed by atoms with van der Waals surface area (Å²) in [4.78, 5) is 2.47. The molecule has 0 aromatic heterocycles. The van der Waals surface area contributed by atoms with E-state index in [0.717, 1.165) is 19.5 Å². The van der Waals surface area contributed by atoms with Crippen LogP contribution in [0.25, 0.3) is 0 Å². The maximum Gasteiger partial charge on any atom is 0.0777 e. The third kappa shape index (κ3) is 1.66. The highest BCUT2D eigenvalue weighted by molar-refractivity contribution is 5.36. The second-order valence-corrected chi connectivity index (χ2v) is 5.01. The molecule has 1 aliphatic carbocycles. The Balaban J connectivity index is 1.89. The van der Waals surface area contributed by atoms with E-state index in [1.54, 1.807) is 0 Å². The number of fused-ring (bicyclic) bond motifs is 1. The zero-order chi connectivity index (χ0) is 11.0. The van der Waals surface area contributed by atoms with Crippen LogP contribution in [-0.2, 0) is 6.42 Å². The van der Waals surface area contributed by atoms with Gasteiger partial charge in [-0.05, 0) is 37.1 Å². The van der Waals surface area contributed by atoms with Gasteiger partial charge in [-0.1, -0.05) is 30.7 Å². The molecule has 0 unspecified atom stereocenters. The molecule has 1 saturated heterocycles. The first-order valence-electron chi connectivity index (χ1n) is 6.36. The van der Waals surface area contributed by atoms with E-state index in [0.29, 0.717) is 0 Å². The molecule has 3 rings (SSSR count). The summed E-state index contributed by atoms with van der Waals surface area (Å²) in [5.41, 5.74) is 2.70. The van der Waals surface area contributed by atoms with Gasteiger partial charge >= 0.3 is 0 Å². The number of aliphatic hydroxyl groups is 1. The van der Waals surface area contributed by atoms with E-state index < -0.39 is 0 Å². The third-order valence-electron chi connectivity index (χ3n) is 3.95. The summed E-state index contributed by atoms with van der Waals surface area (Å²) in [5, 5.41) is 10.2. The van der Waals surface area contributed by atoms with E-state index in [2.05, 4.69) is 29.2 Å². The number of hydrogen-bond donors (Lipinski definition) is 1. The quantitative estimate of drug-likeness (QED) is 0.779. The van der Waals surface area contributed by atoms with E-state index in [-0.39, 0.29) is 12.1 Å². The number of benzene rings is 1. The van der Waals surface area contributed by atoms with Gasteiger partial charge in [-0.15, -0.1) is 0 Å². The largest absolute Gasteiger partial charge is 0.391 e. The molecule has 1 aromatic rings. The van der Waals surface area contributed by atoms with Gasteiger partial charge < -0.3 is 5.11 Å². The highest BCUT2D eigenvalue weighted by Crippen LogP contribution is 2.37. The molecule has 2 nitrogen and oxygen atoms in total. The van der Waals surface area contributed by atoms with Crippen LogP contribution in [0.2, 0.25) is 0 Å². The zero-order valence-electron chi connectivity index (χ0n) is 9.60. The molecule has 0 spiro atoms. The molecule has 1 N–H and O–H groups in total. The minimum absolute atomic E-state index is 0.199. The normalized spacial score (nSPS) is 30.3. The molecule has 2 atom stereocenters. The molecule has 2 aliphatic rings.